The summed E-state index contributed by atoms with van der Waals surface area (Å²) in [4.78, 5) is 29.8. The highest BCUT2D eigenvalue weighted by molar-refractivity contribution is 5.98. The van der Waals surface area contributed by atoms with Crippen molar-refractivity contribution >= 4 is 11.8 Å². The Balaban J connectivity index is 1.38. The molecule has 0 radical (unpaired) electrons. The van der Waals surface area contributed by atoms with Crippen molar-refractivity contribution in [3.05, 3.63) is 52.8 Å². The third-order valence-corrected chi connectivity index (χ3v) is 5.59. The molecule has 2 aliphatic rings. The van der Waals surface area contributed by atoms with Crippen LogP contribution in [-0.4, -0.2) is 77.3 Å². The number of nitrogens with one attached hydrogen (secondary N) is 1. The Morgan fingerprint density at radius 3 is 2.80 bits per heavy atom. The second-order valence-electron chi connectivity index (χ2n) is 7.92. The summed E-state index contributed by atoms with van der Waals surface area (Å²) in [6.45, 7) is 8.51. The molecule has 30 heavy (non-hydrogen) atoms. The maximum atomic E-state index is 13.1. The number of rotatable bonds is 6. The molecular formula is C22H29N5O3. The highest BCUT2D eigenvalue weighted by atomic mass is 16.5. The number of aryl methyl sites for hydroxylation is 2. The zero-order valence-corrected chi connectivity index (χ0v) is 17.5. The zero-order valence-electron chi connectivity index (χ0n) is 17.5. The van der Waals surface area contributed by atoms with Gasteiger partial charge in [-0.2, -0.15) is 5.10 Å². The van der Waals surface area contributed by atoms with Crippen LogP contribution in [0, 0.1) is 6.92 Å². The molecule has 1 N–H and O–H groups in total. The summed E-state index contributed by atoms with van der Waals surface area (Å²) in [5, 5.41) is 7.33. The fraction of sp³-hybridized carbons (Fsp3) is 0.500. The van der Waals surface area contributed by atoms with E-state index in [2.05, 4.69) is 21.4 Å². The van der Waals surface area contributed by atoms with Gasteiger partial charge in [0.25, 0.3) is 11.8 Å². The molecule has 160 valence electrons. The molecule has 1 aromatic carbocycles. The molecule has 0 aliphatic carbocycles. The molecule has 2 aliphatic heterocycles. The number of morpholine rings is 1. The summed E-state index contributed by atoms with van der Waals surface area (Å²) in [5.41, 5.74) is 3.07. The summed E-state index contributed by atoms with van der Waals surface area (Å²) in [7, 11) is 0. The van der Waals surface area contributed by atoms with Gasteiger partial charge in [0, 0.05) is 51.9 Å². The van der Waals surface area contributed by atoms with Crippen molar-refractivity contribution in [3.63, 3.8) is 0 Å². The van der Waals surface area contributed by atoms with Gasteiger partial charge in [-0.25, -0.2) is 0 Å². The van der Waals surface area contributed by atoms with Gasteiger partial charge in [-0.3, -0.25) is 19.2 Å². The lowest BCUT2D eigenvalue weighted by molar-refractivity contribution is 0.0383. The number of hydrogen-bond donors (Lipinski definition) is 1. The molecule has 0 spiro atoms. The van der Waals surface area contributed by atoms with Crippen LogP contribution in [0.3, 0.4) is 0 Å². The average Bonchev–Trinajstić information content (AvgIpc) is 3.12. The highest BCUT2D eigenvalue weighted by Gasteiger charge is 2.26. The van der Waals surface area contributed by atoms with Gasteiger partial charge in [0.05, 0.1) is 13.2 Å². The quantitative estimate of drug-likeness (QED) is 0.775. The Morgan fingerprint density at radius 1 is 1.17 bits per heavy atom. The van der Waals surface area contributed by atoms with E-state index >= 15 is 0 Å². The smallest absolute Gasteiger partial charge is 0.272 e. The van der Waals surface area contributed by atoms with Gasteiger partial charge in [-0.1, -0.05) is 29.8 Å². The predicted molar refractivity (Wildman–Crippen MR) is 112 cm³/mol. The Morgan fingerprint density at radius 2 is 2.00 bits per heavy atom. The monoisotopic (exact) mass is 411 g/mol. The summed E-state index contributed by atoms with van der Waals surface area (Å²) in [6, 6.07) is 9.82. The fourth-order valence-electron chi connectivity index (χ4n) is 3.97. The molecule has 8 heteroatoms. The second-order valence-corrected chi connectivity index (χ2v) is 7.92. The van der Waals surface area contributed by atoms with Gasteiger partial charge < -0.3 is 15.0 Å². The van der Waals surface area contributed by atoms with Crippen molar-refractivity contribution in [2.75, 3.05) is 45.9 Å². The zero-order chi connectivity index (χ0) is 20.9. The molecule has 1 fully saturated rings. The molecule has 3 heterocycles. The van der Waals surface area contributed by atoms with Crippen molar-refractivity contribution in [2.24, 2.45) is 0 Å². The van der Waals surface area contributed by atoms with E-state index in [0.29, 0.717) is 37.6 Å². The third kappa shape index (κ3) is 4.88. The van der Waals surface area contributed by atoms with Crippen LogP contribution in [0.15, 0.2) is 30.3 Å². The Kier molecular flexibility index (Phi) is 6.44. The molecule has 8 nitrogen and oxygen atoms in total. The standard InChI is InChI=1S/C22H29N5O3/c1-17-4-2-5-18(14-17)16-26-7-3-8-27-20(22(26)29)15-19(24-27)21(28)23-6-9-25-10-12-30-13-11-25/h2,4-5,14-15H,3,6-13,16H2,1H3,(H,23,28). The van der Waals surface area contributed by atoms with Crippen molar-refractivity contribution in [1.29, 1.82) is 0 Å². The topological polar surface area (TPSA) is 79.7 Å². The maximum Gasteiger partial charge on any atom is 0.272 e. The number of aromatic nitrogens is 2. The minimum absolute atomic E-state index is 0.0751. The van der Waals surface area contributed by atoms with Crippen molar-refractivity contribution in [2.45, 2.75) is 26.4 Å². The number of carbonyl (C=O) groups excluding carboxylic acids is 2. The van der Waals surface area contributed by atoms with Crippen LogP contribution in [0.1, 0.15) is 38.5 Å². The fourth-order valence-corrected chi connectivity index (χ4v) is 3.97. The first-order valence-corrected chi connectivity index (χ1v) is 10.6. The minimum atomic E-state index is -0.234. The van der Waals surface area contributed by atoms with Crippen LogP contribution >= 0.6 is 0 Å². The van der Waals surface area contributed by atoms with E-state index in [9.17, 15) is 9.59 Å². The van der Waals surface area contributed by atoms with Crippen LogP contribution in [0.5, 0.6) is 0 Å². The van der Waals surface area contributed by atoms with Crippen LogP contribution in [0.4, 0.5) is 0 Å². The molecular weight excluding hydrogens is 382 g/mol. The van der Waals surface area contributed by atoms with Gasteiger partial charge in [0.1, 0.15) is 5.69 Å². The molecule has 0 saturated carbocycles. The van der Waals surface area contributed by atoms with Gasteiger partial charge in [-0.05, 0) is 18.9 Å². The van der Waals surface area contributed by atoms with E-state index in [4.69, 9.17) is 4.74 Å². The first-order chi connectivity index (χ1) is 14.6. The lowest BCUT2D eigenvalue weighted by Crippen LogP contribution is -2.41. The van der Waals surface area contributed by atoms with Crippen LogP contribution in [0.25, 0.3) is 0 Å². The highest BCUT2D eigenvalue weighted by Crippen LogP contribution is 2.17. The van der Waals surface area contributed by atoms with Gasteiger partial charge in [-0.15, -0.1) is 0 Å². The molecule has 0 atom stereocenters. The molecule has 1 aromatic heterocycles. The number of fused-ring (bicyclic) bond motifs is 1. The van der Waals surface area contributed by atoms with Gasteiger partial charge in [0.2, 0.25) is 0 Å². The van der Waals surface area contributed by atoms with E-state index in [-0.39, 0.29) is 11.8 Å². The molecule has 2 amide bonds. The molecule has 2 aromatic rings. The summed E-state index contributed by atoms with van der Waals surface area (Å²) >= 11 is 0. The number of benzene rings is 1. The summed E-state index contributed by atoms with van der Waals surface area (Å²) < 4.78 is 7.01. The van der Waals surface area contributed by atoms with Crippen LogP contribution in [-0.2, 0) is 17.8 Å². The van der Waals surface area contributed by atoms with E-state index in [1.807, 2.05) is 30.0 Å². The maximum absolute atomic E-state index is 13.1. The number of hydrogen-bond acceptors (Lipinski definition) is 5. The average molecular weight is 412 g/mol. The van der Waals surface area contributed by atoms with E-state index < -0.39 is 0 Å². The van der Waals surface area contributed by atoms with Crippen molar-refractivity contribution in [1.82, 2.24) is 24.9 Å². The third-order valence-electron chi connectivity index (χ3n) is 5.59. The number of ether oxygens (including phenoxy) is 1. The molecule has 0 bridgehead atoms. The minimum Gasteiger partial charge on any atom is -0.379 e. The first kappa shape index (κ1) is 20.6. The Hall–Kier alpha value is -2.71. The van der Waals surface area contributed by atoms with Gasteiger partial charge >= 0.3 is 0 Å². The first-order valence-electron chi connectivity index (χ1n) is 10.6. The van der Waals surface area contributed by atoms with Crippen LogP contribution in [0.2, 0.25) is 0 Å². The molecule has 0 unspecified atom stereocenters. The Labute approximate surface area is 176 Å². The number of nitrogens with zero attached hydrogens (tertiary/aromatic N) is 4. The predicted octanol–water partition coefficient (Wildman–Crippen LogP) is 1.30. The largest absolute Gasteiger partial charge is 0.379 e. The van der Waals surface area contributed by atoms with Gasteiger partial charge in [0.15, 0.2) is 5.69 Å². The van der Waals surface area contributed by atoms with E-state index in [1.165, 1.54) is 5.56 Å². The van der Waals surface area contributed by atoms with Crippen molar-refractivity contribution in [3.8, 4) is 0 Å². The van der Waals surface area contributed by atoms with E-state index in [1.54, 1.807) is 10.7 Å². The molecule has 1 saturated heterocycles. The number of amides is 2. The SMILES string of the molecule is Cc1cccc(CN2CCCn3nc(C(=O)NCCN4CCOCC4)cc3C2=O)c1. The van der Waals surface area contributed by atoms with E-state index in [0.717, 1.165) is 44.8 Å². The normalized spacial score (nSPS) is 17.5. The summed E-state index contributed by atoms with van der Waals surface area (Å²) in [6.07, 6.45) is 0.810. The second kappa shape index (κ2) is 9.40. The lowest BCUT2D eigenvalue weighted by atomic mass is 10.1. The summed E-state index contributed by atoms with van der Waals surface area (Å²) in [5.74, 6) is -0.310. The molecule has 4 rings (SSSR count). The Bertz CT molecular complexity index is 904. The lowest BCUT2D eigenvalue weighted by Gasteiger charge is -2.26. The van der Waals surface area contributed by atoms with Crippen LogP contribution < -0.4 is 5.32 Å². The number of carbonyl (C=O) groups is 2. The van der Waals surface area contributed by atoms with Crippen molar-refractivity contribution < 1.29 is 14.3 Å².